The molecule has 4 heterocycles. The third-order valence-electron chi connectivity index (χ3n) is 5.35. The van der Waals surface area contributed by atoms with E-state index < -0.39 is 0 Å². The zero-order valence-corrected chi connectivity index (χ0v) is 19.2. The number of amides is 1. The summed E-state index contributed by atoms with van der Waals surface area (Å²) in [5, 5.41) is 5.79. The van der Waals surface area contributed by atoms with E-state index in [4.69, 9.17) is 0 Å². The number of aryl methyl sites for hydroxylation is 1. The average molecular weight is 463 g/mol. The summed E-state index contributed by atoms with van der Waals surface area (Å²) in [5.74, 6) is 1.13. The second kappa shape index (κ2) is 9.05. The van der Waals surface area contributed by atoms with Crippen LogP contribution in [-0.2, 0) is 0 Å². The minimum Gasteiger partial charge on any atom is -0.368 e. The first-order valence-electron chi connectivity index (χ1n) is 10.4. The molecule has 5 rings (SSSR count). The van der Waals surface area contributed by atoms with Gasteiger partial charge in [-0.1, -0.05) is 24.3 Å². The first kappa shape index (κ1) is 20.6. The maximum Gasteiger partial charge on any atom is 0.268 e. The topological polar surface area (TPSA) is 74.2 Å². The highest BCUT2D eigenvalue weighted by molar-refractivity contribution is 7.22. The van der Waals surface area contributed by atoms with E-state index in [0.717, 1.165) is 47.6 Å². The number of carbonyl (C=O) groups excluding carboxylic acids is 1. The van der Waals surface area contributed by atoms with Crippen molar-refractivity contribution in [2.45, 2.75) is 6.92 Å². The Balaban J connectivity index is 1.25. The van der Waals surface area contributed by atoms with Gasteiger partial charge in [0.1, 0.15) is 27.8 Å². The number of hydrogen-bond donors (Lipinski definition) is 1. The molecule has 4 aromatic rings. The van der Waals surface area contributed by atoms with E-state index in [0.29, 0.717) is 10.7 Å². The number of piperazine rings is 1. The summed E-state index contributed by atoms with van der Waals surface area (Å²) in [6.45, 7) is 5.41. The van der Waals surface area contributed by atoms with E-state index in [9.17, 15) is 4.79 Å². The minimum atomic E-state index is -0.193. The van der Waals surface area contributed by atoms with Crippen LogP contribution in [0.1, 0.15) is 15.4 Å². The van der Waals surface area contributed by atoms with E-state index in [2.05, 4.69) is 54.3 Å². The van der Waals surface area contributed by atoms with Gasteiger partial charge in [0.2, 0.25) is 0 Å². The normalized spacial score (nSPS) is 13.9. The standard InChI is InChI=1S/C23H22N6OS2/c1-16-21(32-23(26-16)18-8-5-13-31-18)22(30)27-19-14-20(25-15-24-19)29-11-9-28(10-12-29)17-6-3-2-4-7-17/h2-8,13-15H,9-12H2,1H3,(H,24,25,27,30). The van der Waals surface area contributed by atoms with E-state index >= 15 is 0 Å². The molecule has 162 valence electrons. The van der Waals surface area contributed by atoms with Crippen LogP contribution in [0.5, 0.6) is 0 Å². The summed E-state index contributed by atoms with van der Waals surface area (Å²) in [6.07, 6.45) is 1.51. The van der Waals surface area contributed by atoms with Crippen LogP contribution in [0.3, 0.4) is 0 Å². The van der Waals surface area contributed by atoms with Crippen LogP contribution >= 0.6 is 22.7 Å². The van der Waals surface area contributed by atoms with Gasteiger partial charge in [0.25, 0.3) is 5.91 Å². The number of nitrogens with one attached hydrogen (secondary N) is 1. The smallest absolute Gasteiger partial charge is 0.268 e. The summed E-state index contributed by atoms with van der Waals surface area (Å²) in [7, 11) is 0. The van der Waals surface area contributed by atoms with Crippen molar-refractivity contribution >= 4 is 45.9 Å². The number of carbonyl (C=O) groups is 1. The first-order valence-corrected chi connectivity index (χ1v) is 12.1. The number of hydrogen-bond acceptors (Lipinski definition) is 8. The Labute approximate surface area is 194 Å². The molecule has 3 aromatic heterocycles. The van der Waals surface area contributed by atoms with Crippen molar-refractivity contribution in [3.8, 4) is 9.88 Å². The van der Waals surface area contributed by atoms with Gasteiger partial charge in [-0.05, 0) is 30.5 Å². The number of anilines is 3. The molecular formula is C23H22N6OS2. The Hall–Kier alpha value is -3.30. The molecule has 1 N–H and O–H groups in total. The summed E-state index contributed by atoms with van der Waals surface area (Å²) < 4.78 is 0. The lowest BCUT2D eigenvalue weighted by Gasteiger charge is -2.36. The van der Waals surface area contributed by atoms with E-state index in [1.807, 2.05) is 36.6 Å². The average Bonchev–Trinajstić information content (AvgIpc) is 3.50. The second-order valence-corrected chi connectivity index (χ2v) is 9.38. The molecule has 1 amide bonds. The molecule has 0 unspecified atom stereocenters. The molecule has 0 saturated carbocycles. The molecule has 0 radical (unpaired) electrons. The van der Waals surface area contributed by atoms with Crippen molar-refractivity contribution in [3.63, 3.8) is 0 Å². The zero-order valence-electron chi connectivity index (χ0n) is 17.6. The maximum atomic E-state index is 12.9. The molecule has 1 aliphatic heterocycles. The van der Waals surface area contributed by atoms with Crippen molar-refractivity contribution in [2.75, 3.05) is 41.3 Å². The number of benzene rings is 1. The van der Waals surface area contributed by atoms with Gasteiger partial charge in [0.15, 0.2) is 0 Å². The number of thiazole rings is 1. The van der Waals surface area contributed by atoms with Gasteiger partial charge >= 0.3 is 0 Å². The maximum absolute atomic E-state index is 12.9. The monoisotopic (exact) mass is 462 g/mol. The molecule has 1 aromatic carbocycles. The van der Waals surface area contributed by atoms with Crippen LogP contribution in [0.15, 0.2) is 60.2 Å². The van der Waals surface area contributed by atoms with Crippen LogP contribution < -0.4 is 15.1 Å². The van der Waals surface area contributed by atoms with Gasteiger partial charge in [-0.25, -0.2) is 15.0 Å². The molecule has 0 atom stereocenters. The van der Waals surface area contributed by atoms with Crippen molar-refractivity contribution in [1.29, 1.82) is 0 Å². The van der Waals surface area contributed by atoms with Crippen LogP contribution in [0.2, 0.25) is 0 Å². The molecule has 32 heavy (non-hydrogen) atoms. The molecule has 1 aliphatic rings. The van der Waals surface area contributed by atoms with Gasteiger partial charge in [0, 0.05) is 37.9 Å². The van der Waals surface area contributed by atoms with Crippen molar-refractivity contribution in [2.24, 2.45) is 0 Å². The number of para-hydroxylation sites is 1. The fourth-order valence-electron chi connectivity index (χ4n) is 3.71. The van der Waals surface area contributed by atoms with Crippen molar-refractivity contribution < 1.29 is 4.79 Å². The highest BCUT2D eigenvalue weighted by Gasteiger charge is 2.20. The molecular weight excluding hydrogens is 440 g/mol. The number of nitrogens with zero attached hydrogens (tertiary/aromatic N) is 5. The van der Waals surface area contributed by atoms with Gasteiger partial charge in [-0.3, -0.25) is 4.79 Å². The summed E-state index contributed by atoms with van der Waals surface area (Å²) in [4.78, 5) is 32.4. The predicted octanol–water partition coefficient (Wildman–Crippen LogP) is 4.55. The van der Waals surface area contributed by atoms with Gasteiger partial charge in [0.05, 0.1) is 10.6 Å². The highest BCUT2D eigenvalue weighted by Crippen LogP contribution is 2.31. The Bertz CT molecular complexity index is 1200. The third-order valence-corrected chi connectivity index (χ3v) is 7.55. The molecule has 9 heteroatoms. The van der Waals surface area contributed by atoms with Gasteiger partial charge < -0.3 is 15.1 Å². The molecule has 1 saturated heterocycles. The Morgan fingerprint density at radius 2 is 1.78 bits per heavy atom. The van der Waals surface area contributed by atoms with Crippen LogP contribution in [-0.4, -0.2) is 47.0 Å². The summed E-state index contributed by atoms with van der Waals surface area (Å²) >= 11 is 3.02. The fraction of sp³-hybridized carbons (Fsp3) is 0.217. The van der Waals surface area contributed by atoms with Crippen molar-refractivity contribution in [3.05, 3.63) is 70.8 Å². The molecule has 1 fully saturated rings. The summed E-state index contributed by atoms with van der Waals surface area (Å²) in [5.41, 5.74) is 1.96. The second-order valence-electron chi connectivity index (χ2n) is 7.44. The lowest BCUT2D eigenvalue weighted by Crippen LogP contribution is -2.46. The first-order chi connectivity index (χ1) is 15.7. The Morgan fingerprint density at radius 3 is 2.53 bits per heavy atom. The Morgan fingerprint density at radius 1 is 1.00 bits per heavy atom. The summed E-state index contributed by atoms with van der Waals surface area (Å²) in [6, 6.07) is 16.3. The van der Waals surface area contributed by atoms with Crippen molar-refractivity contribution in [1.82, 2.24) is 15.0 Å². The molecule has 0 bridgehead atoms. The fourth-order valence-corrected chi connectivity index (χ4v) is 5.47. The number of rotatable bonds is 5. The lowest BCUT2D eigenvalue weighted by molar-refractivity contribution is 0.102. The largest absolute Gasteiger partial charge is 0.368 e. The van der Waals surface area contributed by atoms with E-state index in [1.54, 1.807) is 11.3 Å². The molecule has 7 nitrogen and oxygen atoms in total. The SMILES string of the molecule is Cc1nc(-c2cccs2)sc1C(=O)Nc1cc(N2CCN(c3ccccc3)CC2)ncn1. The van der Waals surface area contributed by atoms with Gasteiger partial charge in [-0.2, -0.15) is 0 Å². The highest BCUT2D eigenvalue weighted by atomic mass is 32.1. The molecule has 0 spiro atoms. The zero-order chi connectivity index (χ0) is 21.9. The number of aromatic nitrogens is 3. The quantitative estimate of drug-likeness (QED) is 0.469. The minimum absolute atomic E-state index is 0.193. The molecule has 0 aliphatic carbocycles. The predicted molar refractivity (Wildman–Crippen MR) is 131 cm³/mol. The van der Waals surface area contributed by atoms with E-state index in [1.165, 1.54) is 23.4 Å². The Kier molecular flexibility index (Phi) is 5.83. The van der Waals surface area contributed by atoms with E-state index in [-0.39, 0.29) is 5.91 Å². The third kappa shape index (κ3) is 4.35. The lowest BCUT2D eigenvalue weighted by atomic mass is 10.2. The van der Waals surface area contributed by atoms with Crippen LogP contribution in [0.25, 0.3) is 9.88 Å². The van der Waals surface area contributed by atoms with Crippen LogP contribution in [0, 0.1) is 6.92 Å². The van der Waals surface area contributed by atoms with Crippen LogP contribution in [0.4, 0.5) is 17.3 Å². The van der Waals surface area contributed by atoms with Gasteiger partial charge in [-0.15, -0.1) is 22.7 Å². The number of thiophene rings is 1.